The molecule has 0 heterocycles. The summed E-state index contributed by atoms with van der Waals surface area (Å²) in [6.07, 6.45) is 8.88. The predicted octanol–water partition coefficient (Wildman–Crippen LogP) is 5.07. The van der Waals surface area contributed by atoms with Crippen LogP contribution in [-0.4, -0.2) is 34.8 Å². The lowest BCUT2D eigenvalue weighted by atomic mass is 9.43. The van der Waals surface area contributed by atoms with Crippen molar-refractivity contribution in [1.29, 1.82) is 0 Å². The van der Waals surface area contributed by atoms with Crippen molar-refractivity contribution in [3.63, 3.8) is 0 Å². The van der Waals surface area contributed by atoms with E-state index in [1.807, 2.05) is 0 Å². The molecule has 4 rings (SSSR count). The van der Waals surface area contributed by atoms with Crippen molar-refractivity contribution in [3.8, 4) is 0 Å². The molecule has 4 aliphatic carbocycles. The Labute approximate surface area is 178 Å². The first-order chi connectivity index (χ1) is 13.6. The number of halogens is 1. The summed E-state index contributed by atoms with van der Waals surface area (Å²) in [7, 11) is 0. The van der Waals surface area contributed by atoms with Crippen LogP contribution < -0.4 is 0 Å². The lowest BCUT2D eigenvalue weighted by molar-refractivity contribution is -0.213. The third kappa shape index (κ3) is 3.31. The standard InChI is InChI=1S/C23H35ClO5/c1-14(25)29-17-7-9-21(2)15(12-17)4-5-19-18(21)8-10-22(3)16(13-28-20(24)26)6-11-23(19,22)27/h15-19,27H,4-13H2,1-3H3/t15-,16-,17+,18+,19-,21+,22-,23+/m1/s1. The third-order valence-corrected chi connectivity index (χ3v) is 9.84. The molecule has 164 valence electrons. The highest BCUT2D eigenvalue weighted by Crippen LogP contribution is 2.69. The SMILES string of the molecule is CC(=O)O[C@H]1CC[C@@]2(C)[C@H](CC[C@@H]3[C@@H]2CC[C@]2(C)[C@@H](COC(=O)Cl)CC[C@]32O)C1. The largest absolute Gasteiger partial charge is 0.463 e. The lowest BCUT2D eigenvalue weighted by Gasteiger charge is -2.63. The van der Waals surface area contributed by atoms with Crippen LogP contribution in [-0.2, 0) is 14.3 Å². The van der Waals surface area contributed by atoms with E-state index in [4.69, 9.17) is 21.1 Å². The minimum absolute atomic E-state index is 0.0557. The minimum atomic E-state index is -0.754. The fraction of sp³-hybridized carbons (Fsp3) is 0.913. The number of esters is 1. The first kappa shape index (κ1) is 21.4. The monoisotopic (exact) mass is 426 g/mol. The summed E-state index contributed by atoms with van der Waals surface area (Å²) in [5, 5.41) is 12.0. The molecule has 0 aromatic heterocycles. The van der Waals surface area contributed by atoms with Gasteiger partial charge in [0.15, 0.2) is 0 Å². The number of aliphatic hydroxyl groups is 1. The normalized spacial score (nSPS) is 48.8. The molecule has 0 aliphatic heterocycles. The van der Waals surface area contributed by atoms with E-state index >= 15 is 0 Å². The molecule has 1 N–H and O–H groups in total. The van der Waals surface area contributed by atoms with Gasteiger partial charge in [0.2, 0.25) is 0 Å². The molecule has 0 aromatic rings. The van der Waals surface area contributed by atoms with E-state index < -0.39 is 11.0 Å². The molecule has 4 saturated carbocycles. The van der Waals surface area contributed by atoms with E-state index in [2.05, 4.69) is 13.8 Å². The maximum atomic E-state index is 12.0. The summed E-state index contributed by atoms with van der Waals surface area (Å²) in [6.45, 7) is 6.43. The van der Waals surface area contributed by atoms with Crippen molar-refractivity contribution in [3.05, 3.63) is 0 Å². The zero-order valence-electron chi connectivity index (χ0n) is 17.9. The molecule has 8 atom stereocenters. The Bertz CT molecular complexity index is 682. The van der Waals surface area contributed by atoms with Crippen molar-refractivity contribution < 1.29 is 24.2 Å². The number of carbonyl (C=O) groups excluding carboxylic acids is 2. The van der Waals surface area contributed by atoms with Gasteiger partial charge in [0, 0.05) is 29.9 Å². The first-order valence-corrected chi connectivity index (χ1v) is 11.7. The highest BCUT2D eigenvalue weighted by atomic mass is 35.5. The average molecular weight is 427 g/mol. The number of ether oxygens (including phenoxy) is 2. The molecule has 0 spiro atoms. The Morgan fingerprint density at radius 3 is 2.48 bits per heavy atom. The van der Waals surface area contributed by atoms with Crippen LogP contribution in [0.5, 0.6) is 0 Å². The molecular formula is C23H35ClO5. The Balaban J connectivity index is 1.53. The maximum absolute atomic E-state index is 12.0. The number of fused-ring (bicyclic) bond motifs is 5. The zero-order valence-corrected chi connectivity index (χ0v) is 18.7. The van der Waals surface area contributed by atoms with Crippen molar-refractivity contribution >= 4 is 23.0 Å². The Kier molecular flexibility index (Phi) is 5.47. The highest BCUT2D eigenvalue weighted by molar-refractivity contribution is 6.61. The summed E-state index contributed by atoms with van der Waals surface area (Å²) >= 11 is 5.41. The van der Waals surface area contributed by atoms with Gasteiger partial charge in [-0.25, -0.2) is 4.79 Å². The second-order valence-electron chi connectivity index (χ2n) is 10.7. The number of hydrogen-bond donors (Lipinski definition) is 1. The number of carbonyl (C=O) groups is 2. The topological polar surface area (TPSA) is 72.8 Å². The zero-order chi connectivity index (χ0) is 21.0. The van der Waals surface area contributed by atoms with Gasteiger partial charge >= 0.3 is 11.4 Å². The second kappa shape index (κ2) is 7.40. The highest BCUT2D eigenvalue weighted by Gasteiger charge is 2.67. The van der Waals surface area contributed by atoms with Gasteiger partial charge in [-0.1, -0.05) is 13.8 Å². The van der Waals surface area contributed by atoms with Crippen LogP contribution in [0.25, 0.3) is 0 Å². The number of rotatable bonds is 3. The smallest absolute Gasteiger partial charge is 0.403 e. The van der Waals surface area contributed by atoms with Gasteiger partial charge in [0.1, 0.15) is 6.10 Å². The number of hydrogen-bond acceptors (Lipinski definition) is 5. The summed E-state index contributed by atoms with van der Waals surface area (Å²) in [4.78, 5) is 22.5. The fourth-order valence-electron chi connectivity index (χ4n) is 8.07. The summed E-state index contributed by atoms with van der Waals surface area (Å²) in [5.41, 5.74) is -1.47. The maximum Gasteiger partial charge on any atom is 0.403 e. The van der Waals surface area contributed by atoms with Crippen LogP contribution in [0, 0.1) is 34.5 Å². The van der Waals surface area contributed by atoms with E-state index in [-0.39, 0.29) is 28.8 Å². The Morgan fingerprint density at radius 1 is 1.03 bits per heavy atom. The second-order valence-corrected chi connectivity index (χ2v) is 11.0. The lowest BCUT2D eigenvalue weighted by Crippen LogP contribution is -2.62. The molecule has 0 unspecified atom stereocenters. The summed E-state index contributed by atoms with van der Waals surface area (Å²) < 4.78 is 10.7. The van der Waals surface area contributed by atoms with Crippen LogP contribution in [0.4, 0.5) is 4.79 Å². The van der Waals surface area contributed by atoms with Crippen molar-refractivity contribution in [2.75, 3.05) is 6.61 Å². The van der Waals surface area contributed by atoms with Gasteiger partial charge in [0.25, 0.3) is 0 Å². The molecule has 29 heavy (non-hydrogen) atoms. The first-order valence-electron chi connectivity index (χ1n) is 11.3. The van der Waals surface area contributed by atoms with E-state index in [0.29, 0.717) is 24.4 Å². The van der Waals surface area contributed by atoms with E-state index in [0.717, 1.165) is 57.8 Å². The van der Waals surface area contributed by atoms with E-state index in [9.17, 15) is 14.7 Å². The van der Waals surface area contributed by atoms with Crippen LogP contribution >= 0.6 is 11.6 Å². The Morgan fingerprint density at radius 2 is 1.79 bits per heavy atom. The molecular weight excluding hydrogens is 392 g/mol. The fourth-order valence-corrected chi connectivity index (χ4v) is 8.14. The van der Waals surface area contributed by atoms with Gasteiger partial charge in [-0.3, -0.25) is 4.79 Å². The summed E-state index contributed by atoms with van der Waals surface area (Å²) in [6, 6.07) is 0. The van der Waals surface area contributed by atoms with Crippen molar-refractivity contribution in [2.45, 2.75) is 90.3 Å². The van der Waals surface area contributed by atoms with Gasteiger partial charge in [-0.2, -0.15) is 0 Å². The van der Waals surface area contributed by atoms with E-state index in [1.165, 1.54) is 6.92 Å². The van der Waals surface area contributed by atoms with Crippen LogP contribution in [0.15, 0.2) is 0 Å². The van der Waals surface area contributed by atoms with Crippen LogP contribution in [0.1, 0.15) is 78.6 Å². The molecule has 0 saturated heterocycles. The average Bonchev–Trinajstić information content (AvgIpc) is 2.91. The third-order valence-electron chi connectivity index (χ3n) is 9.73. The molecule has 0 amide bonds. The molecule has 4 aliphatic rings. The minimum Gasteiger partial charge on any atom is -0.463 e. The Hall–Kier alpha value is -0.810. The summed E-state index contributed by atoms with van der Waals surface area (Å²) in [5.74, 6) is 1.35. The molecule has 6 heteroatoms. The quantitative estimate of drug-likeness (QED) is 0.504. The van der Waals surface area contributed by atoms with E-state index in [1.54, 1.807) is 0 Å². The van der Waals surface area contributed by atoms with Gasteiger partial charge < -0.3 is 14.6 Å². The molecule has 0 radical (unpaired) electrons. The molecule has 0 bridgehead atoms. The molecule has 0 aromatic carbocycles. The van der Waals surface area contributed by atoms with Gasteiger partial charge in [0.05, 0.1) is 12.2 Å². The van der Waals surface area contributed by atoms with Crippen molar-refractivity contribution in [2.24, 2.45) is 34.5 Å². The molecule has 4 fully saturated rings. The molecule has 5 nitrogen and oxygen atoms in total. The van der Waals surface area contributed by atoms with Gasteiger partial charge in [-0.15, -0.1) is 0 Å². The van der Waals surface area contributed by atoms with Crippen LogP contribution in [0.3, 0.4) is 0 Å². The predicted molar refractivity (Wildman–Crippen MR) is 109 cm³/mol. The van der Waals surface area contributed by atoms with Gasteiger partial charge in [-0.05, 0) is 81.0 Å². The van der Waals surface area contributed by atoms with Crippen molar-refractivity contribution in [1.82, 2.24) is 0 Å². The van der Waals surface area contributed by atoms with Crippen LogP contribution in [0.2, 0.25) is 0 Å².